The van der Waals surface area contributed by atoms with Gasteiger partial charge in [0.05, 0.1) is 11.4 Å². The zero-order chi connectivity index (χ0) is 19.2. The van der Waals surface area contributed by atoms with E-state index in [0.717, 1.165) is 11.3 Å². The van der Waals surface area contributed by atoms with Gasteiger partial charge in [-0.1, -0.05) is 23.9 Å². The molecule has 1 N–H and O–H groups in total. The van der Waals surface area contributed by atoms with Crippen molar-refractivity contribution in [3.63, 3.8) is 0 Å². The Kier molecular flexibility index (Phi) is 5.97. The van der Waals surface area contributed by atoms with E-state index < -0.39 is 6.61 Å². The number of hydrogen-bond donors (Lipinski definition) is 1. The van der Waals surface area contributed by atoms with Crippen LogP contribution in [0.4, 0.5) is 14.5 Å². The van der Waals surface area contributed by atoms with Crippen molar-refractivity contribution < 1.29 is 18.3 Å². The summed E-state index contributed by atoms with van der Waals surface area (Å²) in [5.41, 5.74) is 2.34. The van der Waals surface area contributed by atoms with Crippen LogP contribution < -0.4 is 10.1 Å². The molecule has 27 heavy (non-hydrogen) atoms. The largest absolute Gasteiger partial charge is 0.435 e. The SMILES string of the molecule is Cc1cccc(-n2nnnc2SCC(=O)Nc2ccc(OC(F)F)cc2)c1. The second kappa shape index (κ2) is 8.58. The molecule has 0 saturated heterocycles. The number of anilines is 1. The van der Waals surface area contributed by atoms with Gasteiger partial charge in [-0.25, -0.2) is 0 Å². The first-order valence-electron chi connectivity index (χ1n) is 7.84. The average molecular weight is 391 g/mol. The van der Waals surface area contributed by atoms with E-state index in [-0.39, 0.29) is 17.4 Å². The summed E-state index contributed by atoms with van der Waals surface area (Å²) in [7, 11) is 0. The fourth-order valence-corrected chi connectivity index (χ4v) is 2.93. The van der Waals surface area contributed by atoms with Gasteiger partial charge in [-0.15, -0.1) is 5.10 Å². The second-order valence-corrected chi connectivity index (χ2v) is 6.39. The topological polar surface area (TPSA) is 81.9 Å². The van der Waals surface area contributed by atoms with Crippen molar-refractivity contribution in [3.05, 3.63) is 54.1 Å². The van der Waals surface area contributed by atoms with Crippen LogP contribution in [0, 0.1) is 6.92 Å². The normalized spacial score (nSPS) is 10.8. The number of tetrazole rings is 1. The summed E-state index contributed by atoms with van der Waals surface area (Å²) in [4.78, 5) is 12.1. The molecule has 0 unspecified atom stereocenters. The van der Waals surface area contributed by atoms with Crippen molar-refractivity contribution in [2.45, 2.75) is 18.7 Å². The summed E-state index contributed by atoms with van der Waals surface area (Å²) < 4.78 is 30.1. The van der Waals surface area contributed by atoms with E-state index in [1.54, 1.807) is 4.68 Å². The highest BCUT2D eigenvalue weighted by Crippen LogP contribution is 2.20. The number of alkyl halides is 2. The molecule has 7 nitrogen and oxygen atoms in total. The first-order valence-corrected chi connectivity index (χ1v) is 8.83. The van der Waals surface area contributed by atoms with E-state index in [0.29, 0.717) is 10.8 Å². The smallest absolute Gasteiger partial charge is 0.387 e. The number of aromatic nitrogens is 4. The molecule has 0 radical (unpaired) electrons. The van der Waals surface area contributed by atoms with Crippen LogP contribution in [0.3, 0.4) is 0 Å². The number of carbonyl (C=O) groups excluding carboxylic acids is 1. The van der Waals surface area contributed by atoms with Crippen LogP contribution in [0.15, 0.2) is 53.7 Å². The molecule has 1 amide bonds. The van der Waals surface area contributed by atoms with Gasteiger partial charge < -0.3 is 10.1 Å². The summed E-state index contributed by atoms with van der Waals surface area (Å²) in [5, 5.41) is 14.7. The highest BCUT2D eigenvalue weighted by molar-refractivity contribution is 7.99. The van der Waals surface area contributed by atoms with E-state index in [4.69, 9.17) is 0 Å². The summed E-state index contributed by atoms with van der Waals surface area (Å²) in [6, 6.07) is 13.3. The van der Waals surface area contributed by atoms with Crippen molar-refractivity contribution in [2.24, 2.45) is 0 Å². The molecule has 3 rings (SSSR count). The molecular formula is C17H15F2N5O2S. The van der Waals surface area contributed by atoms with Crippen LogP contribution in [0.2, 0.25) is 0 Å². The lowest BCUT2D eigenvalue weighted by molar-refractivity contribution is -0.113. The van der Waals surface area contributed by atoms with Gasteiger partial charge in [0.25, 0.3) is 0 Å². The minimum atomic E-state index is -2.89. The van der Waals surface area contributed by atoms with Crippen molar-refractivity contribution in [1.29, 1.82) is 0 Å². The van der Waals surface area contributed by atoms with Gasteiger partial charge in [-0.3, -0.25) is 4.79 Å². The zero-order valence-corrected chi connectivity index (χ0v) is 15.0. The number of halogens is 2. The fraction of sp³-hybridized carbons (Fsp3) is 0.176. The van der Waals surface area contributed by atoms with Crippen molar-refractivity contribution in [3.8, 4) is 11.4 Å². The minimum absolute atomic E-state index is 0.0229. The minimum Gasteiger partial charge on any atom is -0.435 e. The van der Waals surface area contributed by atoms with Gasteiger partial charge >= 0.3 is 6.61 Å². The molecular weight excluding hydrogens is 376 g/mol. The molecule has 1 heterocycles. The zero-order valence-electron chi connectivity index (χ0n) is 14.2. The Morgan fingerprint density at radius 1 is 1.26 bits per heavy atom. The molecule has 140 valence electrons. The summed E-state index contributed by atoms with van der Waals surface area (Å²) in [5.74, 6) is -0.169. The molecule has 0 saturated carbocycles. The number of hydrogen-bond acceptors (Lipinski definition) is 6. The lowest BCUT2D eigenvalue weighted by Crippen LogP contribution is -2.14. The monoisotopic (exact) mass is 391 g/mol. The number of nitrogens with zero attached hydrogens (tertiary/aromatic N) is 4. The quantitative estimate of drug-likeness (QED) is 0.623. The van der Waals surface area contributed by atoms with Crippen LogP contribution in [0.1, 0.15) is 5.56 Å². The highest BCUT2D eigenvalue weighted by Gasteiger charge is 2.12. The van der Waals surface area contributed by atoms with Gasteiger partial charge in [0.15, 0.2) is 0 Å². The molecule has 0 aliphatic heterocycles. The van der Waals surface area contributed by atoms with E-state index in [1.807, 2.05) is 31.2 Å². The molecule has 0 atom stereocenters. The van der Waals surface area contributed by atoms with Crippen LogP contribution in [-0.4, -0.2) is 38.5 Å². The molecule has 1 aromatic heterocycles. The standard InChI is InChI=1S/C17H15F2N5O2S/c1-11-3-2-4-13(9-11)24-17(21-22-23-24)27-10-15(25)20-12-5-7-14(8-6-12)26-16(18)19/h2-9,16H,10H2,1H3,(H,20,25). The number of aryl methyl sites for hydroxylation is 1. The van der Waals surface area contributed by atoms with E-state index >= 15 is 0 Å². The predicted molar refractivity (Wildman–Crippen MR) is 96.3 cm³/mol. The number of carbonyl (C=O) groups is 1. The first kappa shape index (κ1) is 18.8. The van der Waals surface area contributed by atoms with E-state index in [2.05, 4.69) is 25.6 Å². The molecule has 0 fully saturated rings. The van der Waals surface area contributed by atoms with Crippen LogP contribution >= 0.6 is 11.8 Å². The Morgan fingerprint density at radius 3 is 2.74 bits per heavy atom. The van der Waals surface area contributed by atoms with Gasteiger partial charge in [-0.2, -0.15) is 13.5 Å². The summed E-state index contributed by atoms with van der Waals surface area (Å²) in [6.45, 7) is -0.924. The Labute approximate surface area is 157 Å². The van der Waals surface area contributed by atoms with E-state index in [1.165, 1.54) is 36.0 Å². The number of ether oxygens (including phenoxy) is 1. The third kappa shape index (κ3) is 5.23. The predicted octanol–water partition coefficient (Wildman–Crippen LogP) is 3.30. The number of amides is 1. The first-order chi connectivity index (χ1) is 13.0. The maximum absolute atomic E-state index is 12.1. The van der Waals surface area contributed by atoms with Gasteiger partial charge in [0.2, 0.25) is 11.1 Å². The fourth-order valence-electron chi connectivity index (χ4n) is 2.24. The van der Waals surface area contributed by atoms with Gasteiger partial charge in [-0.05, 0) is 59.3 Å². The Morgan fingerprint density at radius 2 is 2.04 bits per heavy atom. The lowest BCUT2D eigenvalue weighted by Gasteiger charge is -2.08. The van der Waals surface area contributed by atoms with Gasteiger partial charge in [0, 0.05) is 5.69 Å². The summed E-state index contributed by atoms with van der Waals surface area (Å²) >= 11 is 1.18. The molecule has 0 bridgehead atoms. The van der Waals surface area contributed by atoms with Crippen molar-refractivity contribution >= 4 is 23.4 Å². The maximum atomic E-state index is 12.1. The number of nitrogens with one attached hydrogen (secondary N) is 1. The van der Waals surface area contributed by atoms with Crippen LogP contribution in [0.5, 0.6) is 5.75 Å². The highest BCUT2D eigenvalue weighted by atomic mass is 32.2. The lowest BCUT2D eigenvalue weighted by atomic mass is 10.2. The molecule has 2 aromatic carbocycles. The number of benzene rings is 2. The average Bonchev–Trinajstić information content (AvgIpc) is 3.10. The van der Waals surface area contributed by atoms with Crippen LogP contribution in [0.25, 0.3) is 5.69 Å². The third-order valence-electron chi connectivity index (χ3n) is 3.38. The Hall–Kier alpha value is -3.01. The Bertz CT molecular complexity index is 918. The molecule has 10 heteroatoms. The Balaban J connectivity index is 1.58. The number of thioether (sulfide) groups is 1. The summed E-state index contributed by atoms with van der Waals surface area (Å²) in [6.07, 6.45) is 0. The van der Waals surface area contributed by atoms with Gasteiger partial charge in [0.1, 0.15) is 5.75 Å². The third-order valence-corrected chi connectivity index (χ3v) is 4.30. The second-order valence-electron chi connectivity index (χ2n) is 5.45. The van der Waals surface area contributed by atoms with Crippen LogP contribution in [-0.2, 0) is 4.79 Å². The van der Waals surface area contributed by atoms with E-state index in [9.17, 15) is 13.6 Å². The van der Waals surface area contributed by atoms with Crippen molar-refractivity contribution in [2.75, 3.05) is 11.1 Å². The molecule has 0 spiro atoms. The van der Waals surface area contributed by atoms with Crippen molar-refractivity contribution in [1.82, 2.24) is 20.2 Å². The molecule has 3 aromatic rings. The number of rotatable bonds is 7. The maximum Gasteiger partial charge on any atom is 0.387 e. The molecule has 0 aliphatic rings. The molecule has 0 aliphatic carbocycles.